The van der Waals surface area contributed by atoms with Gasteiger partial charge in [0.15, 0.2) is 17.3 Å². The number of esters is 1. The number of ether oxygens (including phenoxy) is 3. The molecule has 0 bridgehead atoms. The zero-order valence-corrected chi connectivity index (χ0v) is 14.2. The van der Waals surface area contributed by atoms with Crippen LogP contribution < -0.4 is 9.47 Å². The Bertz CT molecular complexity index is 868. The van der Waals surface area contributed by atoms with Crippen LogP contribution in [0.5, 0.6) is 11.5 Å². The number of thiazole rings is 1. The molecular formula is C17H15NO5S. The summed E-state index contributed by atoms with van der Waals surface area (Å²) in [5, 5.41) is 2.67. The lowest BCUT2D eigenvalue weighted by Crippen LogP contribution is -1.98. The van der Waals surface area contributed by atoms with Crippen LogP contribution in [0.2, 0.25) is 0 Å². The molecule has 0 amide bonds. The van der Waals surface area contributed by atoms with Gasteiger partial charge in [-0.15, -0.1) is 11.3 Å². The van der Waals surface area contributed by atoms with E-state index in [9.17, 15) is 4.79 Å². The lowest BCUT2D eigenvalue weighted by molar-refractivity contribution is 0.0566. The van der Waals surface area contributed by atoms with Crippen molar-refractivity contribution in [3.8, 4) is 33.5 Å². The van der Waals surface area contributed by atoms with Crippen LogP contribution in [0.15, 0.2) is 40.1 Å². The second-order valence-corrected chi connectivity index (χ2v) is 5.62. The fourth-order valence-electron chi connectivity index (χ4n) is 2.17. The van der Waals surface area contributed by atoms with Gasteiger partial charge in [-0.05, 0) is 30.3 Å². The first-order chi connectivity index (χ1) is 11.7. The van der Waals surface area contributed by atoms with Crippen LogP contribution in [0.4, 0.5) is 0 Å². The third kappa shape index (κ3) is 2.98. The van der Waals surface area contributed by atoms with E-state index in [-0.39, 0.29) is 5.76 Å². The van der Waals surface area contributed by atoms with E-state index in [4.69, 9.17) is 13.9 Å². The van der Waals surface area contributed by atoms with Crippen molar-refractivity contribution in [3.63, 3.8) is 0 Å². The van der Waals surface area contributed by atoms with Crippen molar-refractivity contribution in [2.24, 2.45) is 0 Å². The van der Waals surface area contributed by atoms with E-state index >= 15 is 0 Å². The van der Waals surface area contributed by atoms with E-state index in [1.165, 1.54) is 18.4 Å². The fourth-order valence-corrected chi connectivity index (χ4v) is 2.98. The normalized spacial score (nSPS) is 10.5. The minimum absolute atomic E-state index is 0.146. The molecule has 3 aromatic rings. The van der Waals surface area contributed by atoms with Crippen molar-refractivity contribution >= 4 is 17.3 Å². The molecule has 124 valence electrons. The molecule has 7 heteroatoms. The van der Waals surface area contributed by atoms with Gasteiger partial charge >= 0.3 is 5.97 Å². The van der Waals surface area contributed by atoms with Crippen LogP contribution in [-0.4, -0.2) is 32.3 Å². The maximum atomic E-state index is 11.5. The van der Waals surface area contributed by atoms with Crippen LogP contribution in [0.1, 0.15) is 10.6 Å². The van der Waals surface area contributed by atoms with E-state index < -0.39 is 5.97 Å². The molecule has 0 saturated heterocycles. The highest BCUT2D eigenvalue weighted by molar-refractivity contribution is 7.13. The van der Waals surface area contributed by atoms with Gasteiger partial charge in [0, 0.05) is 10.9 Å². The van der Waals surface area contributed by atoms with Gasteiger partial charge in [-0.1, -0.05) is 0 Å². The molecule has 0 spiro atoms. The van der Waals surface area contributed by atoms with Crippen molar-refractivity contribution < 1.29 is 23.4 Å². The highest BCUT2D eigenvalue weighted by Gasteiger charge is 2.15. The number of carbonyl (C=O) groups excluding carboxylic acids is 1. The summed E-state index contributed by atoms with van der Waals surface area (Å²) < 4.78 is 20.7. The maximum Gasteiger partial charge on any atom is 0.373 e. The van der Waals surface area contributed by atoms with Crippen molar-refractivity contribution in [3.05, 3.63) is 41.5 Å². The summed E-state index contributed by atoms with van der Waals surface area (Å²) in [6.45, 7) is 0. The Morgan fingerprint density at radius 2 is 1.88 bits per heavy atom. The molecule has 1 aromatic carbocycles. The molecule has 3 rings (SSSR count). The Hall–Kier alpha value is -2.80. The van der Waals surface area contributed by atoms with Crippen molar-refractivity contribution in [1.29, 1.82) is 0 Å². The Kier molecular flexibility index (Phi) is 4.52. The maximum absolute atomic E-state index is 11.5. The van der Waals surface area contributed by atoms with Crippen molar-refractivity contribution in [1.82, 2.24) is 4.98 Å². The second kappa shape index (κ2) is 6.76. The van der Waals surface area contributed by atoms with Gasteiger partial charge in [-0.3, -0.25) is 0 Å². The monoisotopic (exact) mass is 345 g/mol. The summed E-state index contributed by atoms with van der Waals surface area (Å²) in [5.41, 5.74) is 1.56. The zero-order chi connectivity index (χ0) is 17.1. The third-order valence-electron chi connectivity index (χ3n) is 3.38. The number of methoxy groups -OCH3 is 3. The first-order valence-electron chi connectivity index (χ1n) is 7.02. The molecule has 0 N–H and O–H groups in total. The first kappa shape index (κ1) is 16.1. The van der Waals surface area contributed by atoms with Gasteiger partial charge in [0.1, 0.15) is 10.7 Å². The predicted molar refractivity (Wildman–Crippen MR) is 89.7 cm³/mol. The van der Waals surface area contributed by atoms with Crippen molar-refractivity contribution in [2.75, 3.05) is 21.3 Å². The number of furan rings is 1. The number of benzene rings is 1. The topological polar surface area (TPSA) is 70.8 Å². The van der Waals surface area contributed by atoms with E-state index in [0.29, 0.717) is 23.0 Å². The molecule has 0 fully saturated rings. The molecular weight excluding hydrogens is 330 g/mol. The summed E-state index contributed by atoms with van der Waals surface area (Å²) in [6, 6.07) is 8.86. The highest BCUT2D eigenvalue weighted by Crippen LogP contribution is 2.35. The predicted octanol–water partition coefficient (Wildman–Crippen LogP) is 3.87. The molecule has 0 aliphatic carbocycles. The Morgan fingerprint density at radius 1 is 1.08 bits per heavy atom. The zero-order valence-electron chi connectivity index (χ0n) is 13.4. The van der Waals surface area contributed by atoms with E-state index in [1.807, 2.05) is 23.6 Å². The molecule has 0 atom stereocenters. The second-order valence-electron chi connectivity index (χ2n) is 4.76. The lowest BCUT2D eigenvalue weighted by Gasteiger charge is -2.08. The van der Waals surface area contributed by atoms with Crippen LogP contribution in [0, 0.1) is 0 Å². The smallest absolute Gasteiger partial charge is 0.373 e. The number of carbonyl (C=O) groups is 1. The largest absolute Gasteiger partial charge is 0.493 e. The van der Waals surface area contributed by atoms with E-state index in [0.717, 1.165) is 10.6 Å². The SMILES string of the molecule is COC(=O)c1ccc(-c2csc(-c3ccc(OC)c(OC)c3)n2)o1. The third-order valence-corrected chi connectivity index (χ3v) is 4.27. The van der Waals surface area contributed by atoms with Crippen LogP contribution >= 0.6 is 11.3 Å². The first-order valence-corrected chi connectivity index (χ1v) is 7.90. The molecule has 0 aliphatic heterocycles. The quantitative estimate of drug-likeness (QED) is 0.654. The Balaban J connectivity index is 1.90. The molecule has 2 heterocycles. The molecule has 2 aromatic heterocycles. The van der Waals surface area contributed by atoms with Gasteiger partial charge in [0.25, 0.3) is 0 Å². The molecule has 0 unspecified atom stereocenters. The summed E-state index contributed by atoms with van der Waals surface area (Å²) in [7, 11) is 4.49. The van der Waals surface area contributed by atoms with Gasteiger partial charge in [0.05, 0.1) is 21.3 Å². The molecule has 0 saturated carbocycles. The summed E-state index contributed by atoms with van der Waals surface area (Å²) in [4.78, 5) is 16.0. The molecule has 0 aliphatic rings. The minimum atomic E-state index is -0.517. The van der Waals surface area contributed by atoms with Gasteiger partial charge in [-0.2, -0.15) is 0 Å². The molecule has 24 heavy (non-hydrogen) atoms. The molecule has 6 nitrogen and oxygen atoms in total. The fraction of sp³-hybridized carbons (Fsp3) is 0.176. The Labute approximate surface area is 142 Å². The number of rotatable bonds is 5. The van der Waals surface area contributed by atoms with Crippen molar-refractivity contribution in [2.45, 2.75) is 0 Å². The van der Waals surface area contributed by atoms with Gasteiger partial charge in [0.2, 0.25) is 5.76 Å². The summed E-state index contributed by atoms with van der Waals surface area (Å²) in [5.74, 6) is 1.44. The molecule has 0 radical (unpaired) electrons. The van der Waals surface area contributed by atoms with Gasteiger partial charge in [-0.25, -0.2) is 9.78 Å². The van der Waals surface area contributed by atoms with E-state index in [2.05, 4.69) is 9.72 Å². The van der Waals surface area contributed by atoms with Crippen LogP contribution in [-0.2, 0) is 4.74 Å². The number of nitrogens with zero attached hydrogens (tertiary/aromatic N) is 1. The number of aromatic nitrogens is 1. The Morgan fingerprint density at radius 3 is 2.58 bits per heavy atom. The van der Waals surface area contributed by atoms with Crippen LogP contribution in [0.25, 0.3) is 22.0 Å². The van der Waals surface area contributed by atoms with Crippen LogP contribution in [0.3, 0.4) is 0 Å². The summed E-state index contributed by atoms with van der Waals surface area (Å²) >= 11 is 1.47. The number of hydrogen-bond acceptors (Lipinski definition) is 7. The average molecular weight is 345 g/mol. The minimum Gasteiger partial charge on any atom is -0.493 e. The number of hydrogen-bond donors (Lipinski definition) is 0. The highest BCUT2D eigenvalue weighted by atomic mass is 32.1. The van der Waals surface area contributed by atoms with E-state index in [1.54, 1.807) is 26.4 Å². The average Bonchev–Trinajstić information content (AvgIpc) is 3.29. The van der Waals surface area contributed by atoms with Gasteiger partial charge < -0.3 is 18.6 Å². The summed E-state index contributed by atoms with van der Waals surface area (Å²) in [6.07, 6.45) is 0. The lowest BCUT2D eigenvalue weighted by atomic mass is 10.2. The standard InChI is InChI=1S/C17H15NO5S/c1-20-13-5-4-10(8-15(13)21-2)16-18-11(9-24-16)12-6-7-14(23-12)17(19)22-3/h4-9H,1-3H3.